The molecule has 0 unspecified atom stereocenters. The molecule has 0 radical (unpaired) electrons. The lowest BCUT2D eigenvalue weighted by atomic mass is 10.1. The molecule has 112 valence electrons. The van der Waals surface area contributed by atoms with Crippen LogP contribution in [0.5, 0.6) is 0 Å². The number of thioether (sulfide) groups is 1. The summed E-state index contributed by atoms with van der Waals surface area (Å²) >= 11 is 1.37. The molecule has 0 saturated heterocycles. The quantitative estimate of drug-likeness (QED) is 0.641. The molecule has 0 N–H and O–H groups in total. The molecule has 2 rings (SSSR count). The fraction of sp³-hybridized carbons (Fsp3) is 0.308. The van der Waals surface area contributed by atoms with Crippen LogP contribution in [-0.2, 0) is 12.6 Å². The van der Waals surface area contributed by atoms with Gasteiger partial charge in [-0.2, -0.15) is 22.9 Å². The van der Waals surface area contributed by atoms with Crippen LogP contribution in [0.2, 0.25) is 0 Å². The monoisotopic (exact) mass is 314 g/mol. The minimum absolute atomic E-state index is 0.368. The Morgan fingerprint density at radius 2 is 2.10 bits per heavy atom. The van der Waals surface area contributed by atoms with Crippen LogP contribution in [0.15, 0.2) is 34.5 Å². The highest BCUT2D eigenvalue weighted by Crippen LogP contribution is 2.29. The zero-order valence-electron chi connectivity index (χ0n) is 11.4. The summed E-state index contributed by atoms with van der Waals surface area (Å²) in [5.74, 6) is 0.655. The Bertz CT molecular complexity index is 628. The van der Waals surface area contributed by atoms with Crippen LogP contribution in [0.25, 0.3) is 0 Å². The van der Waals surface area contributed by atoms with E-state index in [2.05, 4.69) is 15.3 Å². The van der Waals surface area contributed by atoms with Gasteiger partial charge in [-0.3, -0.25) is 0 Å². The van der Waals surface area contributed by atoms with E-state index < -0.39 is 11.7 Å². The first-order valence-corrected chi connectivity index (χ1v) is 7.38. The molecule has 1 aromatic carbocycles. The summed E-state index contributed by atoms with van der Waals surface area (Å²) in [6.45, 7) is 1.91. The van der Waals surface area contributed by atoms with Gasteiger partial charge in [-0.1, -0.05) is 30.8 Å². The minimum atomic E-state index is -4.36. The first-order chi connectivity index (χ1) is 9.95. The number of hydrogen-bond donors (Lipinski definition) is 0. The largest absolute Gasteiger partial charge is 0.416 e. The Hall–Kier alpha value is -1.83. The summed E-state index contributed by atoms with van der Waals surface area (Å²) in [5.41, 5.74) is -0.330. The molecule has 0 aliphatic heterocycles. The second-order valence-electron chi connectivity index (χ2n) is 4.14. The maximum absolute atomic E-state index is 12.6. The van der Waals surface area contributed by atoms with Gasteiger partial charge < -0.3 is 0 Å². The van der Waals surface area contributed by atoms with Crippen LogP contribution < -0.4 is 0 Å². The van der Waals surface area contributed by atoms with E-state index in [1.807, 2.05) is 13.2 Å². The number of nitrogens with zero attached hydrogens (tertiary/aromatic N) is 4. The maximum atomic E-state index is 12.6. The first kappa shape index (κ1) is 15.6. The lowest BCUT2D eigenvalue weighted by molar-refractivity contribution is -0.137. The molecule has 4 nitrogen and oxygen atoms in total. The molecule has 0 aliphatic rings. The van der Waals surface area contributed by atoms with Crippen LogP contribution in [0, 0.1) is 0 Å². The lowest BCUT2D eigenvalue weighted by Gasteiger charge is -2.06. The van der Waals surface area contributed by atoms with E-state index in [1.165, 1.54) is 28.7 Å². The van der Waals surface area contributed by atoms with Gasteiger partial charge in [0.2, 0.25) is 5.16 Å². The highest BCUT2D eigenvalue weighted by Gasteiger charge is 2.30. The zero-order chi connectivity index (χ0) is 15.5. The molecular weight excluding hydrogens is 301 g/mol. The van der Waals surface area contributed by atoms with Crippen molar-refractivity contribution in [3.63, 3.8) is 0 Å². The highest BCUT2D eigenvalue weighted by molar-refractivity contribution is 7.98. The van der Waals surface area contributed by atoms with Crippen molar-refractivity contribution >= 4 is 18.0 Å². The van der Waals surface area contributed by atoms with Gasteiger partial charge in [0.15, 0.2) is 5.82 Å². The van der Waals surface area contributed by atoms with Crippen molar-refractivity contribution in [1.82, 2.24) is 14.9 Å². The number of hydrogen-bond acceptors (Lipinski definition) is 4. The van der Waals surface area contributed by atoms with Crippen molar-refractivity contribution in [1.29, 1.82) is 0 Å². The van der Waals surface area contributed by atoms with E-state index in [4.69, 9.17) is 0 Å². The molecule has 0 saturated carbocycles. The smallest absolute Gasteiger partial charge is 0.192 e. The zero-order valence-corrected chi connectivity index (χ0v) is 12.2. The summed E-state index contributed by atoms with van der Waals surface area (Å²) < 4.78 is 39.5. The first-order valence-electron chi connectivity index (χ1n) is 6.15. The Labute approximate surface area is 124 Å². The number of halogens is 3. The molecule has 8 heteroatoms. The van der Waals surface area contributed by atoms with E-state index >= 15 is 0 Å². The van der Waals surface area contributed by atoms with Crippen LogP contribution in [0.3, 0.4) is 0 Å². The standard InChI is InChI=1S/C13H13F3N4S/c1-3-11-18-19-12(21-2)20(11)17-8-9-5-4-6-10(7-9)13(14,15)16/h4-8H,3H2,1-2H3/b17-8-. The predicted octanol–water partition coefficient (Wildman–Crippen LogP) is 3.46. The van der Waals surface area contributed by atoms with Gasteiger partial charge in [0, 0.05) is 6.42 Å². The molecule has 0 bridgehead atoms. The average Bonchev–Trinajstić information content (AvgIpc) is 2.86. The van der Waals surface area contributed by atoms with Crippen molar-refractivity contribution in [3.8, 4) is 0 Å². The molecule has 21 heavy (non-hydrogen) atoms. The van der Waals surface area contributed by atoms with Crippen LogP contribution >= 0.6 is 11.8 Å². The van der Waals surface area contributed by atoms with Gasteiger partial charge in [0.05, 0.1) is 11.8 Å². The Balaban J connectivity index is 2.32. The van der Waals surface area contributed by atoms with Crippen molar-refractivity contribution in [3.05, 3.63) is 41.2 Å². The molecule has 0 aliphatic carbocycles. The fourth-order valence-electron chi connectivity index (χ4n) is 1.68. The molecule has 2 aromatic rings. The topological polar surface area (TPSA) is 43.1 Å². The Morgan fingerprint density at radius 1 is 1.33 bits per heavy atom. The van der Waals surface area contributed by atoms with E-state index in [9.17, 15) is 13.2 Å². The van der Waals surface area contributed by atoms with E-state index in [1.54, 1.807) is 6.07 Å². The summed E-state index contributed by atoms with van der Waals surface area (Å²) in [6.07, 6.45) is -0.524. The molecule has 1 aromatic heterocycles. The fourth-order valence-corrected chi connectivity index (χ4v) is 2.13. The van der Waals surface area contributed by atoms with E-state index in [0.717, 1.165) is 12.1 Å². The van der Waals surface area contributed by atoms with Gasteiger partial charge in [-0.25, -0.2) is 0 Å². The number of rotatable bonds is 4. The molecule has 0 fully saturated rings. The number of aryl methyl sites for hydroxylation is 1. The van der Waals surface area contributed by atoms with Gasteiger partial charge in [0.25, 0.3) is 0 Å². The number of alkyl halides is 3. The molecule has 1 heterocycles. The molecule has 0 spiro atoms. The van der Waals surface area contributed by atoms with Gasteiger partial charge in [-0.05, 0) is 24.0 Å². The SMILES string of the molecule is CCc1nnc(SC)n1/N=C\c1cccc(C(F)(F)F)c1. The molecule has 0 atom stereocenters. The molecule has 0 amide bonds. The van der Waals surface area contributed by atoms with Gasteiger partial charge >= 0.3 is 6.18 Å². The van der Waals surface area contributed by atoms with Crippen molar-refractivity contribution in [2.45, 2.75) is 24.7 Å². The van der Waals surface area contributed by atoms with Crippen LogP contribution in [0.4, 0.5) is 13.2 Å². The maximum Gasteiger partial charge on any atom is 0.416 e. The summed E-state index contributed by atoms with van der Waals surface area (Å²) in [5, 5.41) is 12.7. The van der Waals surface area contributed by atoms with Gasteiger partial charge in [0.1, 0.15) is 0 Å². The van der Waals surface area contributed by atoms with Crippen molar-refractivity contribution < 1.29 is 13.2 Å². The minimum Gasteiger partial charge on any atom is -0.192 e. The van der Waals surface area contributed by atoms with E-state index in [0.29, 0.717) is 23.0 Å². The summed E-state index contributed by atoms with van der Waals surface area (Å²) in [7, 11) is 0. The third-order valence-corrected chi connectivity index (χ3v) is 3.33. The number of aromatic nitrogens is 3. The Morgan fingerprint density at radius 3 is 2.71 bits per heavy atom. The molecular formula is C13H13F3N4S. The number of benzene rings is 1. The van der Waals surface area contributed by atoms with Gasteiger partial charge in [-0.15, -0.1) is 10.2 Å². The third-order valence-electron chi connectivity index (χ3n) is 2.71. The summed E-state index contributed by atoms with van der Waals surface area (Å²) in [4.78, 5) is 0. The van der Waals surface area contributed by atoms with Crippen molar-refractivity contribution in [2.75, 3.05) is 6.26 Å². The second kappa shape index (κ2) is 6.30. The lowest BCUT2D eigenvalue weighted by Crippen LogP contribution is -2.05. The van der Waals surface area contributed by atoms with Crippen molar-refractivity contribution in [2.24, 2.45) is 5.10 Å². The predicted molar refractivity (Wildman–Crippen MR) is 75.6 cm³/mol. The third kappa shape index (κ3) is 3.63. The normalized spacial score (nSPS) is 12.2. The second-order valence-corrected chi connectivity index (χ2v) is 4.91. The van der Waals surface area contributed by atoms with Crippen LogP contribution in [0.1, 0.15) is 23.9 Å². The summed E-state index contributed by atoms with van der Waals surface area (Å²) in [6, 6.07) is 5.00. The Kier molecular flexibility index (Phi) is 4.66. The average molecular weight is 314 g/mol. The highest BCUT2D eigenvalue weighted by atomic mass is 32.2. The van der Waals surface area contributed by atoms with Crippen LogP contribution in [-0.4, -0.2) is 27.3 Å². The van der Waals surface area contributed by atoms with E-state index in [-0.39, 0.29) is 0 Å².